The third kappa shape index (κ3) is 339. The quantitative estimate of drug-likeness (QED) is 0.308. The van der Waals surface area contributed by atoms with Crippen LogP contribution in [0.15, 0.2) is 0 Å². The van der Waals surface area contributed by atoms with Crippen molar-refractivity contribution in [3.8, 4) is 0 Å². The maximum absolute atomic E-state index is 8.24. The molecule has 0 heterocycles. The van der Waals surface area contributed by atoms with Crippen LogP contribution in [0, 0.1) is 0 Å². The summed E-state index contributed by atoms with van der Waals surface area (Å²) in [6, 6.07) is 0. The molecule has 0 unspecified atom stereocenters. The molecular formula is C4H4O8Rh-4. The van der Waals surface area contributed by atoms with Crippen LogP contribution in [0.4, 0.5) is 0 Å². The summed E-state index contributed by atoms with van der Waals surface area (Å²) in [7, 11) is 0. The van der Waals surface area contributed by atoms with Crippen molar-refractivity contribution < 1.29 is 59.1 Å². The topological polar surface area (TPSA) is 149 Å². The Bertz CT molecular complexity index is 70.1. The molecule has 81 valence electrons. The fraction of sp³-hybridized carbons (Fsp3) is 0. The third-order valence-corrected chi connectivity index (χ3v) is 0. The van der Waals surface area contributed by atoms with Crippen LogP contribution in [0.2, 0.25) is 0 Å². The molecule has 0 aromatic rings. The Morgan fingerprint density at radius 2 is 0.538 bits per heavy atom. The van der Waals surface area contributed by atoms with Gasteiger partial charge in [-0.2, -0.15) is 0 Å². The molecule has 0 aliphatic heterocycles. The van der Waals surface area contributed by atoms with Crippen LogP contribution < -0.4 is 0 Å². The van der Waals surface area contributed by atoms with Gasteiger partial charge in [0.25, 0.3) is 0 Å². The van der Waals surface area contributed by atoms with Gasteiger partial charge < -0.3 is 39.6 Å². The molecule has 0 saturated heterocycles. The van der Waals surface area contributed by atoms with Crippen molar-refractivity contribution in [2.75, 3.05) is 0 Å². The van der Waals surface area contributed by atoms with Crippen LogP contribution in [-0.2, 0) is 38.7 Å². The van der Waals surface area contributed by atoms with E-state index in [0.717, 1.165) is 0 Å². The van der Waals surface area contributed by atoms with Gasteiger partial charge in [-0.25, -0.2) is 0 Å². The smallest absolute Gasteiger partial charge is 0 e. The molecule has 9 heteroatoms. The molecule has 13 heavy (non-hydrogen) atoms. The van der Waals surface area contributed by atoms with Gasteiger partial charge in [0.2, 0.25) is 0 Å². The van der Waals surface area contributed by atoms with E-state index in [1.807, 2.05) is 0 Å². The van der Waals surface area contributed by atoms with Gasteiger partial charge in [-0.1, -0.05) is 25.9 Å². The summed E-state index contributed by atoms with van der Waals surface area (Å²) < 4.78 is 0. The van der Waals surface area contributed by atoms with Crippen molar-refractivity contribution in [2.45, 2.75) is 0 Å². The molecule has 0 aliphatic carbocycles. The molecule has 0 rings (SSSR count). The van der Waals surface area contributed by atoms with E-state index in [2.05, 4.69) is 0 Å². The molecule has 0 aliphatic rings. The fourth-order valence-corrected chi connectivity index (χ4v) is 0. The maximum Gasteiger partial charge on any atom is 0 e. The van der Waals surface area contributed by atoms with Gasteiger partial charge in [0.1, 0.15) is 0 Å². The summed E-state index contributed by atoms with van der Waals surface area (Å²) in [5.74, 6) is 0. The molecular weight excluding hydrogens is 279 g/mol. The molecule has 4 N–H and O–H groups in total. The van der Waals surface area contributed by atoms with Gasteiger partial charge in [0.05, 0.1) is 0 Å². The van der Waals surface area contributed by atoms with E-state index in [9.17, 15) is 0 Å². The molecule has 0 aromatic carbocycles. The third-order valence-electron chi connectivity index (χ3n) is 0. The minimum absolute atomic E-state index is 0. The number of hydrogen-bond acceptors (Lipinski definition) is 4. The first-order valence-electron chi connectivity index (χ1n) is 1.71. The monoisotopic (exact) mass is 283 g/mol. The predicted molar refractivity (Wildman–Crippen MR) is 33.3 cm³/mol. The van der Waals surface area contributed by atoms with Crippen LogP contribution in [-0.4, -0.2) is 46.3 Å². The van der Waals surface area contributed by atoms with E-state index in [-0.39, 0.29) is 19.5 Å². The summed E-state index contributed by atoms with van der Waals surface area (Å²) in [4.78, 5) is 32.9. The van der Waals surface area contributed by atoms with Crippen molar-refractivity contribution in [2.24, 2.45) is 0 Å². The van der Waals surface area contributed by atoms with Gasteiger partial charge in [0.15, 0.2) is 0 Å². The molecule has 0 aromatic heterocycles. The van der Waals surface area contributed by atoms with Crippen LogP contribution in [0.1, 0.15) is 0 Å². The van der Waals surface area contributed by atoms with Gasteiger partial charge in [0, 0.05) is 19.5 Å². The van der Waals surface area contributed by atoms with E-state index in [1.165, 1.54) is 0 Å². The van der Waals surface area contributed by atoms with Gasteiger partial charge >= 0.3 is 0 Å². The first kappa shape index (κ1) is 30.0. The van der Waals surface area contributed by atoms with Crippen molar-refractivity contribution >= 4 is 25.9 Å². The number of rotatable bonds is 0. The van der Waals surface area contributed by atoms with Crippen LogP contribution in [0.25, 0.3) is 0 Å². The molecule has 1 radical (unpaired) electrons. The summed E-state index contributed by atoms with van der Waals surface area (Å²) in [6.45, 7) is 2.00. The average Bonchev–Trinajstić information content (AvgIpc) is 1.92. The Morgan fingerprint density at radius 1 is 0.538 bits per heavy atom. The molecule has 0 spiro atoms. The Kier molecular flexibility index (Phi) is 349. The zero-order valence-electron chi connectivity index (χ0n) is 5.76. The van der Waals surface area contributed by atoms with Crippen molar-refractivity contribution in [3.05, 3.63) is 0 Å². The molecule has 0 bridgehead atoms. The van der Waals surface area contributed by atoms with E-state index in [0.29, 0.717) is 25.9 Å². The second-order valence-electron chi connectivity index (χ2n) is 0.365. The zero-order chi connectivity index (χ0) is 10.8. The summed E-state index contributed by atoms with van der Waals surface area (Å²) in [6.07, 6.45) is 0. The van der Waals surface area contributed by atoms with E-state index >= 15 is 0 Å². The summed E-state index contributed by atoms with van der Waals surface area (Å²) in [5.41, 5.74) is 0. The number of aliphatic hydroxyl groups excluding tert-OH is 4. The Morgan fingerprint density at radius 3 is 0.538 bits per heavy atom. The number of hydrogen-bond donors (Lipinski definition) is 4. The average molecular weight is 283 g/mol. The van der Waals surface area contributed by atoms with E-state index < -0.39 is 0 Å². The SMILES string of the molecule is O=[C-]O.O=[C-]O.O=[C-]O.O=[C-]O.[Rh]. The van der Waals surface area contributed by atoms with Crippen LogP contribution in [0.5, 0.6) is 0 Å². The Labute approximate surface area is 85.6 Å². The fourth-order valence-electron chi connectivity index (χ4n) is 0. The Hall–Kier alpha value is -1.50. The van der Waals surface area contributed by atoms with Crippen LogP contribution >= 0.6 is 0 Å². The second kappa shape index (κ2) is 151. The first-order valence-corrected chi connectivity index (χ1v) is 1.71. The summed E-state index contributed by atoms with van der Waals surface area (Å²) >= 11 is 0. The minimum atomic E-state index is 0. The van der Waals surface area contributed by atoms with E-state index in [4.69, 9.17) is 39.6 Å². The van der Waals surface area contributed by atoms with Gasteiger partial charge in [-0.05, 0) is 0 Å². The largest absolute Gasteiger partial charge is 0.665 e. The van der Waals surface area contributed by atoms with Gasteiger partial charge in [-0.15, -0.1) is 0 Å². The van der Waals surface area contributed by atoms with Crippen molar-refractivity contribution in [1.29, 1.82) is 0 Å². The first-order chi connectivity index (χ1) is 5.66. The van der Waals surface area contributed by atoms with E-state index in [1.54, 1.807) is 0 Å². The van der Waals surface area contributed by atoms with Crippen molar-refractivity contribution in [1.82, 2.24) is 0 Å². The van der Waals surface area contributed by atoms with Crippen LogP contribution in [0.3, 0.4) is 0 Å². The van der Waals surface area contributed by atoms with Gasteiger partial charge in [-0.3, -0.25) is 0 Å². The zero-order valence-corrected chi connectivity index (χ0v) is 7.39. The molecule has 0 saturated carbocycles. The molecule has 8 nitrogen and oxygen atoms in total. The molecule has 0 atom stereocenters. The summed E-state index contributed by atoms with van der Waals surface area (Å²) in [5, 5.41) is 27.1. The van der Waals surface area contributed by atoms with Crippen molar-refractivity contribution in [3.63, 3.8) is 0 Å². The maximum atomic E-state index is 8.24. The predicted octanol–water partition coefficient (Wildman–Crippen LogP) is -1.56. The Balaban J connectivity index is -0.0000000213. The molecule has 0 fully saturated rings. The molecule has 0 amide bonds. The normalized spacial score (nSPS) is 3.69. The standard InChI is InChI=1S/4CHO2.Rh/c4*2-1-3;/h4*(H,2,3);/q4*-1;. The second-order valence-corrected chi connectivity index (χ2v) is 0.365. The minimum Gasteiger partial charge on any atom is -0.665 e.